The van der Waals surface area contributed by atoms with E-state index in [-0.39, 0.29) is 18.4 Å². The molecule has 0 spiro atoms. The summed E-state index contributed by atoms with van der Waals surface area (Å²) in [6, 6.07) is -0.481. The molecule has 0 saturated heterocycles. The topological polar surface area (TPSA) is 75.4 Å². The Balaban J connectivity index is 4.36. The molecule has 5 heteroatoms. The summed E-state index contributed by atoms with van der Waals surface area (Å²) in [4.78, 5) is 25.4. The summed E-state index contributed by atoms with van der Waals surface area (Å²) in [5.74, 6) is -0.215. The molecule has 5 nitrogen and oxygen atoms in total. The molecule has 0 aromatic carbocycles. The molecule has 0 aliphatic carbocycles. The number of hydrogen-bond donors (Lipinski definition) is 2. The SMILES string of the molecule is CCCC[C@H](N)C(=O)N(CCC)CC(=O)NCCC. The minimum absolute atomic E-state index is 0.105. The number of nitrogens with two attached hydrogens (primary N) is 1. The van der Waals surface area contributed by atoms with Crippen LogP contribution in [0.4, 0.5) is 0 Å². The van der Waals surface area contributed by atoms with Gasteiger partial charge in [0.1, 0.15) is 0 Å². The van der Waals surface area contributed by atoms with Crippen molar-refractivity contribution in [1.82, 2.24) is 10.2 Å². The maximum atomic E-state index is 12.2. The molecule has 19 heavy (non-hydrogen) atoms. The molecule has 1 atom stereocenters. The molecule has 0 bridgehead atoms. The molecule has 2 amide bonds. The minimum atomic E-state index is -0.481. The zero-order valence-electron chi connectivity index (χ0n) is 12.6. The van der Waals surface area contributed by atoms with Gasteiger partial charge in [0, 0.05) is 13.1 Å². The third kappa shape index (κ3) is 7.82. The van der Waals surface area contributed by atoms with Crippen LogP contribution in [0.25, 0.3) is 0 Å². The number of unbranched alkanes of at least 4 members (excludes halogenated alkanes) is 1. The fourth-order valence-electron chi connectivity index (χ4n) is 1.81. The van der Waals surface area contributed by atoms with Gasteiger partial charge in [0.25, 0.3) is 0 Å². The first kappa shape index (κ1) is 17.9. The van der Waals surface area contributed by atoms with Crippen LogP contribution in [0.5, 0.6) is 0 Å². The number of carbonyl (C=O) groups excluding carboxylic acids is 2. The van der Waals surface area contributed by atoms with Gasteiger partial charge in [-0.15, -0.1) is 0 Å². The Bertz CT molecular complexity index is 269. The van der Waals surface area contributed by atoms with Gasteiger partial charge in [0.05, 0.1) is 12.6 Å². The van der Waals surface area contributed by atoms with Gasteiger partial charge in [0.15, 0.2) is 0 Å². The van der Waals surface area contributed by atoms with E-state index in [4.69, 9.17) is 5.73 Å². The van der Waals surface area contributed by atoms with E-state index in [1.165, 1.54) is 0 Å². The third-order valence-corrected chi connectivity index (χ3v) is 2.90. The van der Waals surface area contributed by atoms with Crippen LogP contribution in [0.3, 0.4) is 0 Å². The molecule has 0 aromatic heterocycles. The summed E-state index contributed by atoms with van der Waals surface area (Å²) in [6.07, 6.45) is 4.36. The highest BCUT2D eigenvalue weighted by molar-refractivity contribution is 5.87. The molecule has 0 aromatic rings. The number of rotatable bonds is 10. The highest BCUT2D eigenvalue weighted by Gasteiger charge is 2.21. The number of hydrogen-bond acceptors (Lipinski definition) is 3. The van der Waals surface area contributed by atoms with Gasteiger partial charge in [-0.05, 0) is 19.3 Å². The summed E-state index contributed by atoms with van der Waals surface area (Å²) in [5, 5.41) is 2.78. The Morgan fingerprint density at radius 3 is 2.37 bits per heavy atom. The zero-order valence-corrected chi connectivity index (χ0v) is 12.6. The van der Waals surface area contributed by atoms with Gasteiger partial charge >= 0.3 is 0 Å². The Morgan fingerprint density at radius 1 is 1.16 bits per heavy atom. The van der Waals surface area contributed by atoms with E-state index >= 15 is 0 Å². The van der Waals surface area contributed by atoms with E-state index in [1.807, 2.05) is 13.8 Å². The Hall–Kier alpha value is -1.10. The average Bonchev–Trinajstić information content (AvgIpc) is 2.41. The Labute approximate surface area is 116 Å². The molecule has 0 fully saturated rings. The van der Waals surface area contributed by atoms with E-state index in [0.29, 0.717) is 19.5 Å². The quantitative estimate of drug-likeness (QED) is 0.628. The van der Waals surface area contributed by atoms with Crippen molar-refractivity contribution in [3.8, 4) is 0 Å². The highest BCUT2D eigenvalue weighted by atomic mass is 16.2. The largest absolute Gasteiger partial charge is 0.355 e. The van der Waals surface area contributed by atoms with Crippen LogP contribution in [-0.2, 0) is 9.59 Å². The molecule has 0 radical (unpaired) electrons. The maximum absolute atomic E-state index is 12.2. The van der Waals surface area contributed by atoms with E-state index in [0.717, 1.165) is 25.7 Å². The van der Waals surface area contributed by atoms with Crippen LogP contribution in [0.2, 0.25) is 0 Å². The predicted molar refractivity (Wildman–Crippen MR) is 77.7 cm³/mol. The fraction of sp³-hybridized carbons (Fsp3) is 0.857. The van der Waals surface area contributed by atoms with Crippen LogP contribution < -0.4 is 11.1 Å². The van der Waals surface area contributed by atoms with E-state index in [2.05, 4.69) is 12.2 Å². The maximum Gasteiger partial charge on any atom is 0.239 e. The lowest BCUT2D eigenvalue weighted by Gasteiger charge is -2.24. The van der Waals surface area contributed by atoms with Crippen molar-refractivity contribution in [2.45, 2.75) is 58.9 Å². The van der Waals surface area contributed by atoms with Crippen LogP contribution >= 0.6 is 0 Å². The first-order chi connectivity index (χ1) is 9.06. The van der Waals surface area contributed by atoms with Crippen molar-refractivity contribution in [3.05, 3.63) is 0 Å². The van der Waals surface area contributed by atoms with Gasteiger partial charge in [-0.2, -0.15) is 0 Å². The minimum Gasteiger partial charge on any atom is -0.355 e. The number of carbonyl (C=O) groups is 2. The number of amides is 2. The second kappa shape index (κ2) is 10.8. The monoisotopic (exact) mass is 271 g/mol. The van der Waals surface area contributed by atoms with Gasteiger partial charge in [0.2, 0.25) is 11.8 Å². The van der Waals surface area contributed by atoms with Crippen molar-refractivity contribution in [2.75, 3.05) is 19.6 Å². The van der Waals surface area contributed by atoms with Gasteiger partial charge in [-0.25, -0.2) is 0 Å². The number of nitrogens with one attached hydrogen (secondary N) is 1. The smallest absolute Gasteiger partial charge is 0.239 e. The average molecular weight is 271 g/mol. The van der Waals surface area contributed by atoms with Crippen molar-refractivity contribution >= 4 is 11.8 Å². The molecule has 0 heterocycles. The van der Waals surface area contributed by atoms with Crippen molar-refractivity contribution in [1.29, 1.82) is 0 Å². The normalized spacial score (nSPS) is 12.0. The van der Waals surface area contributed by atoms with Crippen LogP contribution in [0.15, 0.2) is 0 Å². The fourth-order valence-corrected chi connectivity index (χ4v) is 1.81. The van der Waals surface area contributed by atoms with Crippen LogP contribution in [0, 0.1) is 0 Å². The molecular weight excluding hydrogens is 242 g/mol. The lowest BCUT2D eigenvalue weighted by atomic mass is 10.1. The van der Waals surface area contributed by atoms with Crippen LogP contribution in [0.1, 0.15) is 52.9 Å². The summed E-state index contributed by atoms with van der Waals surface area (Å²) < 4.78 is 0. The number of nitrogens with zero attached hydrogens (tertiary/aromatic N) is 1. The van der Waals surface area contributed by atoms with Crippen molar-refractivity contribution in [2.24, 2.45) is 5.73 Å². The lowest BCUT2D eigenvalue weighted by Crippen LogP contribution is -2.48. The molecule has 0 rings (SSSR count). The van der Waals surface area contributed by atoms with Gasteiger partial charge in [-0.1, -0.05) is 33.6 Å². The Kier molecular flexibility index (Phi) is 10.2. The van der Waals surface area contributed by atoms with Crippen molar-refractivity contribution in [3.63, 3.8) is 0 Å². The first-order valence-electron chi connectivity index (χ1n) is 7.37. The second-order valence-corrected chi connectivity index (χ2v) is 4.86. The molecule has 0 unspecified atom stereocenters. The van der Waals surface area contributed by atoms with Crippen molar-refractivity contribution < 1.29 is 9.59 Å². The van der Waals surface area contributed by atoms with E-state index in [9.17, 15) is 9.59 Å². The molecule has 0 aliphatic heterocycles. The third-order valence-electron chi connectivity index (χ3n) is 2.90. The standard InChI is InChI=1S/C14H29N3O2/c1-4-7-8-12(15)14(19)17(10-6-3)11-13(18)16-9-5-2/h12H,4-11,15H2,1-3H3,(H,16,18)/t12-/m0/s1. The highest BCUT2D eigenvalue weighted by Crippen LogP contribution is 2.03. The van der Waals surface area contributed by atoms with E-state index in [1.54, 1.807) is 4.90 Å². The molecular formula is C14H29N3O2. The van der Waals surface area contributed by atoms with E-state index < -0.39 is 6.04 Å². The second-order valence-electron chi connectivity index (χ2n) is 4.86. The van der Waals surface area contributed by atoms with Gasteiger partial charge < -0.3 is 16.0 Å². The molecule has 3 N–H and O–H groups in total. The Morgan fingerprint density at radius 2 is 1.84 bits per heavy atom. The van der Waals surface area contributed by atoms with Gasteiger partial charge in [-0.3, -0.25) is 9.59 Å². The molecule has 0 aliphatic rings. The lowest BCUT2D eigenvalue weighted by molar-refractivity contribution is -0.137. The predicted octanol–water partition coefficient (Wildman–Crippen LogP) is 1.27. The molecule has 112 valence electrons. The zero-order chi connectivity index (χ0) is 14.7. The summed E-state index contributed by atoms with van der Waals surface area (Å²) in [6.45, 7) is 7.40. The summed E-state index contributed by atoms with van der Waals surface area (Å²) in [7, 11) is 0. The summed E-state index contributed by atoms with van der Waals surface area (Å²) in [5.41, 5.74) is 5.89. The van der Waals surface area contributed by atoms with Crippen LogP contribution in [-0.4, -0.2) is 42.4 Å². The summed E-state index contributed by atoms with van der Waals surface area (Å²) >= 11 is 0. The first-order valence-corrected chi connectivity index (χ1v) is 7.37. The molecule has 0 saturated carbocycles.